The number of carbonyl (C=O) groups is 4. The van der Waals surface area contributed by atoms with Crippen LogP contribution >= 0.6 is 0 Å². The van der Waals surface area contributed by atoms with E-state index in [0.29, 0.717) is 6.42 Å². The van der Waals surface area contributed by atoms with Crippen LogP contribution in [0.5, 0.6) is 0 Å². The van der Waals surface area contributed by atoms with E-state index in [4.69, 9.17) is 18.9 Å². The maximum absolute atomic E-state index is 12.7. The second-order valence-corrected chi connectivity index (χ2v) is 15.8. The number of hydrogen-bond donors (Lipinski definition) is 1. The molecule has 9 heteroatoms. The molecule has 2 fully saturated rings. The molecule has 0 bridgehead atoms. The number of esters is 3. The molecule has 1 N–H and O–H groups in total. The first-order valence-electron chi connectivity index (χ1n) is 16.9. The zero-order valence-corrected chi connectivity index (χ0v) is 29.8. The number of carbonyl (C=O) groups excluding carboxylic acids is 3. The summed E-state index contributed by atoms with van der Waals surface area (Å²) in [4.78, 5) is 48.6. The van der Waals surface area contributed by atoms with Crippen LogP contribution in [-0.2, 0) is 38.1 Å². The summed E-state index contributed by atoms with van der Waals surface area (Å²) in [5, 5.41) is 9.46. The smallest absolute Gasteiger partial charge is 0.330 e. The molecule has 0 aromatic carbocycles. The van der Waals surface area contributed by atoms with Gasteiger partial charge in [0.2, 0.25) is 0 Å². The third-order valence-electron chi connectivity index (χ3n) is 13.2. The topological polar surface area (TPSA) is 125 Å². The number of carboxylic acid groups (broad SMARTS) is 1. The van der Waals surface area contributed by atoms with E-state index in [2.05, 4.69) is 41.5 Å². The van der Waals surface area contributed by atoms with Crippen molar-refractivity contribution >= 4 is 23.9 Å². The van der Waals surface area contributed by atoms with E-state index in [1.54, 1.807) is 20.1 Å². The van der Waals surface area contributed by atoms with Crippen LogP contribution in [0, 0.1) is 39.4 Å². The number of aliphatic carboxylic acids is 1. The van der Waals surface area contributed by atoms with Gasteiger partial charge < -0.3 is 24.1 Å². The lowest BCUT2D eigenvalue weighted by Crippen LogP contribution is -2.60. The van der Waals surface area contributed by atoms with Crippen LogP contribution in [0.2, 0.25) is 0 Å². The number of methoxy groups -OCH3 is 1. The number of fused-ring (bicyclic) bond motifs is 4. The molecular weight excluding hydrogens is 588 g/mol. The monoisotopic (exact) mass is 644 g/mol. The van der Waals surface area contributed by atoms with Gasteiger partial charge in [-0.05, 0) is 79.6 Å². The van der Waals surface area contributed by atoms with Crippen LogP contribution in [0.3, 0.4) is 0 Å². The number of carboxylic acids is 1. The molecular formula is C37H56O9. The minimum Gasteiger partial charge on any atom is -0.478 e. The zero-order valence-electron chi connectivity index (χ0n) is 29.8. The molecule has 0 aromatic rings. The zero-order chi connectivity index (χ0) is 34.6. The van der Waals surface area contributed by atoms with Crippen molar-refractivity contribution in [2.45, 2.75) is 139 Å². The Kier molecular flexibility index (Phi) is 10.0. The molecule has 10 unspecified atom stereocenters. The summed E-state index contributed by atoms with van der Waals surface area (Å²) in [6, 6.07) is 0. The quantitative estimate of drug-likeness (QED) is 0.125. The van der Waals surface area contributed by atoms with Gasteiger partial charge in [0.25, 0.3) is 0 Å². The van der Waals surface area contributed by atoms with Crippen molar-refractivity contribution in [3.05, 3.63) is 22.8 Å². The molecule has 4 aliphatic carbocycles. The molecule has 0 saturated heterocycles. The lowest BCUT2D eigenvalue weighted by molar-refractivity contribution is -0.172. The van der Waals surface area contributed by atoms with E-state index in [1.807, 2.05) is 0 Å². The summed E-state index contributed by atoms with van der Waals surface area (Å²) in [6.07, 6.45) is 5.36. The van der Waals surface area contributed by atoms with Gasteiger partial charge in [0, 0.05) is 50.7 Å². The van der Waals surface area contributed by atoms with Crippen molar-refractivity contribution in [3.63, 3.8) is 0 Å². The van der Waals surface area contributed by atoms with Gasteiger partial charge in [-0.2, -0.15) is 0 Å². The molecule has 258 valence electrons. The van der Waals surface area contributed by atoms with Gasteiger partial charge in [-0.15, -0.1) is 0 Å². The SMILES string of the molecule is COC1CC2C(C)(CCC(OC(C)=O)C2(C)C)C2=C1C1(C)C(OC(C)=O)CC(C(C)C(CC=C(C)C(=O)O)OC(C)=O)C1(C)CC2. The molecule has 9 nitrogen and oxygen atoms in total. The Hall–Kier alpha value is -2.68. The van der Waals surface area contributed by atoms with Gasteiger partial charge in [0.15, 0.2) is 0 Å². The van der Waals surface area contributed by atoms with Gasteiger partial charge in [0.1, 0.15) is 18.3 Å². The standard InChI is InChI=1S/C37H56O9/c1-20(33(41)42)12-13-27(44-22(3)38)21(2)26-18-31(46-24(5)40)37(10)32-25(14-17-36(26,37)9)35(8)16-15-30(45-23(4)39)34(6,7)29(35)19-28(32)43-11/h12,21,26-31H,13-19H2,1-11H3,(H,41,42). The largest absolute Gasteiger partial charge is 0.478 e. The molecule has 0 spiro atoms. The van der Waals surface area contributed by atoms with Gasteiger partial charge in [-0.3, -0.25) is 14.4 Å². The summed E-state index contributed by atoms with van der Waals surface area (Å²) >= 11 is 0. The molecule has 0 aromatic heterocycles. The van der Waals surface area contributed by atoms with Crippen molar-refractivity contribution in [2.24, 2.45) is 39.4 Å². The lowest BCUT2D eigenvalue weighted by atomic mass is 9.42. The number of ether oxygens (including phenoxy) is 4. The Morgan fingerprint density at radius 3 is 2.07 bits per heavy atom. The van der Waals surface area contributed by atoms with Crippen LogP contribution in [0.4, 0.5) is 0 Å². The number of hydrogen-bond acceptors (Lipinski definition) is 8. The minimum atomic E-state index is -1.00. The molecule has 4 aliphatic rings. The van der Waals surface area contributed by atoms with Gasteiger partial charge in [-0.1, -0.05) is 53.2 Å². The number of rotatable bonds is 9. The Bertz CT molecular complexity index is 1310. The maximum atomic E-state index is 12.7. The second kappa shape index (κ2) is 12.7. The normalized spacial score (nSPS) is 38.1. The van der Waals surface area contributed by atoms with Crippen molar-refractivity contribution in [1.82, 2.24) is 0 Å². The fourth-order valence-corrected chi connectivity index (χ4v) is 10.6. The summed E-state index contributed by atoms with van der Waals surface area (Å²) in [6.45, 7) is 19.3. The van der Waals surface area contributed by atoms with Crippen molar-refractivity contribution in [2.75, 3.05) is 7.11 Å². The van der Waals surface area contributed by atoms with Gasteiger partial charge in [0.05, 0.1) is 6.10 Å². The Morgan fingerprint density at radius 1 is 0.913 bits per heavy atom. The fourth-order valence-electron chi connectivity index (χ4n) is 10.6. The molecule has 0 aliphatic heterocycles. The predicted octanol–water partition coefficient (Wildman–Crippen LogP) is 6.82. The highest BCUT2D eigenvalue weighted by atomic mass is 16.6. The third kappa shape index (κ3) is 5.83. The van der Waals surface area contributed by atoms with E-state index in [1.165, 1.54) is 31.9 Å². The lowest BCUT2D eigenvalue weighted by Gasteiger charge is -2.64. The summed E-state index contributed by atoms with van der Waals surface area (Å²) in [5.74, 6) is -1.91. The average molecular weight is 645 g/mol. The highest BCUT2D eigenvalue weighted by molar-refractivity contribution is 5.85. The molecule has 46 heavy (non-hydrogen) atoms. The van der Waals surface area contributed by atoms with E-state index >= 15 is 0 Å². The van der Waals surface area contributed by atoms with Crippen LogP contribution in [0.1, 0.15) is 114 Å². The highest BCUT2D eigenvalue weighted by Gasteiger charge is 2.70. The highest BCUT2D eigenvalue weighted by Crippen LogP contribution is 2.73. The first-order chi connectivity index (χ1) is 21.2. The molecule has 0 heterocycles. The van der Waals surface area contributed by atoms with Crippen LogP contribution in [0.15, 0.2) is 22.8 Å². The Labute approximate surface area is 274 Å². The Balaban J connectivity index is 1.84. The summed E-state index contributed by atoms with van der Waals surface area (Å²) in [7, 11) is 1.76. The Morgan fingerprint density at radius 2 is 1.52 bits per heavy atom. The van der Waals surface area contributed by atoms with Gasteiger partial charge in [-0.25, -0.2) is 4.79 Å². The van der Waals surface area contributed by atoms with E-state index in [9.17, 15) is 24.3 Å². The van der Waals surface area contributed by atoms with E-state index < -0.39 is 29.6 Å². The predicted molar refractivity (Wildman–Crippen MR) is 172 cm³/mol. The van der Waals surface area contributed by atoms with Gasteiger partial charge >= 0.3 is 23.9 Å². The summed E-state index contributed by atoms with van der Waals surface area (Å²) < 4.78 is 24.4. The average Bonchev–Trinajstić information content (AvgIpc) is 3.18. The van der Waals surface area contributed by atoms with Crippen molar-refractivity contribution < 1.29 is 43.2 Å². The third-order valence-corrected chi connectivity index (χ3v) is 13.2. The fraction of sp³-hybridized carbons (Fsp3) is 0.784. The van der Waals surface area contributed by atoms with Crippen molar-refractivity contribution in [1.29, 1.82) is 0 Å². The minimum absolute atomic E-state index is 0.0120. The maximum Gasteiger partial charge on any atom is 0.330 e. The van der Waals surface area contributed by atoms with E-state index in [-0.39, 0.29) is 70.1 Å². The molecule has 10 atom stereocenters. The first kappa shape index (κ1) is 36.2. The summed E-state index contributed by atoms with van der Waals surface area (Å²) in [5.41, 5.74) is 1.55. The van der Waals surface area contributed by atoms with Crippen molar-refractivity contribution in [3.8, 4) is 0 Å². The van der Waals surface area contributed by atoms with E-state index in [0.717, 1.165) is 32.1 Å². The molecule has 2 saturated carbocycles. The molecule has 4 rings (SSSR count). The second-order valence-electron chi connectivity index (χ2n) is 15.8. The number of allylic oxidation sites excluding steroid dienone is 1. The van der Waals surface area contributed by atoms with Crippen LogP contribution in [-0.4, -0.2) is 60.5 Å². The first-order valence-corrected chi connectivity index (χ1v) is 16.9. The molecule has 0 amide bonds. The van der Waals surface area contributed by atoms with Crippen LogP contribution in [0.25, 0.3) is 0 Å². The van der Waals surface area contributed by atoms with Crippen LogP contribution < -0.4 is 0 Å². The molecule has 0 radical (unpaired) electrons.